The maximum atomic E-state index is 8.87. The average Bonchev–Trinajstić information content (AvgIpc) is 2.28. The van der Waals surface area contributed by atoms with E-state index in [9.17, 15) is 0 Å². The van der Waals surface area contributed by atoms with E-state index in [1.807, 2.05) is 29.2 Å². The molecule has 1 rings (SSSR count). The molecule has 0 amide bonds. The minimum absolute atomic E-state index is 0.114. The molecule has 1 aromatic rings. The van der Waals surface area contributed by atoms with Gasteiger partial charge in [0.05, 0.1) is 13.2 Å². The van der Waals surface area contributed by atoms with E-state index in [0.717, 1.165) is 23.6 Å². The first kappa shape index (κ1) is 13.5. The maximum Gasteiger partial charge on any atom is 0.0558 e. The molecule has 0 aliphatic heterocycles. The van der Waals surface area contributed by atoms with Crippen LogP contribution >= 0.6 is 11.6 Å². The highest BCUT2D eigenvalue weighted by Gasteiger charge is 2.05. The van der Waals surface area contributed by atoms with Gasteiger partial charge in [0.1, 0.15) is 0 Å². The van der Waals surface area contributed by atoms with Crippen molar-refractivity contribution >= 4 is 11.6 Å². The predicted octanol–water partition coefficient (Wildman–Crippen LogP) is 1.17. The topological polar surface area (TPSA) is 43.7 Å². The van der Waals surface area contributed by atoms with Gasteiger partial charge >= 0.3 is 0 Å². The third-order valence-corrected chi connectivity index (χ3v) is 2.86. The number of nitrogens with zero attached hydrogens (tertiary/aromatic N) is 1. The minimum atomic E-state index is 0.114. The van der Waals surface area contributed by atoms with Crippen molar-refractivity contribution in [1.82, 2.24) is 4.90 Å². The molecule has 0 radical (unpaired) electrons. The molecule has 0 unspecified atom stereocenters. The second-order valence-electron chi connectivity index (χ2n) is 3.63. The molecule has 0 atom stereocenters. The number of benzene rings is 1. The Morgan fingerprint density at radius 1 is 1.00 bits per heavy atom. The molecular formula is C12H18ClNO2. The molecule has 0 heterocycles. The van der Waals surface area contributed by atoms with E-state index in [0.29, 0.717) is 13.1 Å². The quantitative estimate of drug-likeness (QED) is 0.756. The van der Waals surface area contributed by atoms with E-state index in [4.69, 9.17) is 21.8 Å². The molecule has 0 aliphatic carbocycles. The van der Waals surface area contributed by atoms with Gasteiger partial charge in [0.2, 0.25) is 0 Å². The van der Waals surface area contributed by atoms with Crippen molar-refractivity contribution < 1.29 is 10.2 Å². The summed E-state index contributed by atoms with van der Waals surface area (Å²) >= 11 is 6.04. The van der Waals surface area contributed by atoms with Crippen LogP contribution in [0, 0.1) is 0 Å². The van der Waals surface area contributed by atoms with Crippen LogP contribution in [0.4, 0.5) is 0 Å². The summed E-state index contributed by atoms with van der Waals surface area (Å²) in [7, 11) is 0. The van der Waals surface area contributed by atoms with Crippen molar-refractivity contribution in [2.24, 2.45) is 0 Å². The lowest BCUT2D eigenvalue weighted by Gasteiger charge is -2.20. The SMILES string of the molecule is OCCN(CCO)CCc1ccccc1Cl. The van der Waals surface area contributed by atoms with Crippen LogP contribution in [-0.2, 0) is 6.42 Å². The largest absolute Gasteiger partial charge is 0.395 e. The van der Waals surface area contributed by atoms with Gasteiger partial charge in [-0.1, -0.05) is 29.8 Å². The summed E-state index contributed by atoms with van der Waals surface area (Å²) in [6, 6.07) is 7.74. The molecule has 1 aromatic carbocycles. The Morgan fingerprint density at radius 3 is 2.19 bits per heavy atom. The molecule has 4 heteroatoms. The van der Waals surface area contributed by atoms with E-state index in [1.54, 1.807) is 0 Å². The van der Waals surface area contributed by atoms with Crippen LogP contribution in [0.2, 0.25) is 5.02 Å². The van der Waals surface area contributed by atoms with Gasteiger partial charge in [0, 0.05) is 24.7 Å². The Bertz CT molecular complexity index is 301. The number of rotatable bonds is 7. The van der Waals surface area contributed by atoms with Gasteiger partial charge in [-0.05, 0) is 18.1 Å². The number of aliphatic hydroxyl groups excluding tert-OH is 2. The molecule has 16 heavy (non-hydrogen) atoms. The molecule has 0 spiro atoms. The first-order valence-electron chi connectivity index (χ1n) is 5.45. The minimum Gasteiger partial charge on any atom is -0.395 e. The van der Waals surface area contributed by atoms with E-state index >= 15 is 0 Å². The smallest absolute Gasteiger partial charge is 0.0558 e. The van der Waals surface area contributed by atoms with E-state index in [1.165, 1.54) is 0 Å². The second-order valence-corrected chi connectivity index (χ2v) is 4.04. The van der Waals surface area contributed by atoms with Crippen LogP contribution in [0.25, 0.3) is 0 Å². The van der Waals surface area contributed by atoms with E-state index in [2.05, 4.69) is 0 Å². The van der Waals surface area contributed by atoms with Crippen molar-refractivity contribution in [3.05, 3.63) is 34.9 Å². The highest BCUT2D eigenvalue weighted by molar-refractivity contribution is 6.31. The fraction of sp³-hybridized carbons (Fsp3) is 0.500. The third kappa shape index (κ3) is 4.49. The molecule has 90 valence electrons. The molecular weight excluding hydrogens is 226 g/mol. The lowest BCUT2D eigenvalue weighted by atomic mass is 10.1. The summed E-state index contributed by atoms with van der Waals surface area (Å²) in [4.78, 5) is 2.02. The van der Waals surface area contributed by atoms with E-state index in [-0.39, 0.29) is 13.2 Å². The molecule has 0 saturated carbocycles. The Labute approximate surface area is 101 Å². The molecule has 0 aliphatic rings. The van der Waals surface area contributed by atoms with Gasteiger partial charge in [-0.15, -0.1) is 0 Å². The first-order valence-corrected chi connectivity index (χ1v) is 5.83. The highest BCUT2D eigenvalue weighted by Crippen LogP contribution is 2.15. The number of aliphatic hydroxyl groups is 2. The fourth-order valence-electron chi connectivity index (χ4n) is 1.60. The van der Waals surface area contributed by atoms with Gasteiger partial charge in [0.25, 0.3) is 0 Å². The molecule has 0 saturated heterocycles. The first-order chi connectivity index (χ1) is 7.77. The zero-order valence-corrected chi connectivity index (χ0v) is 10.0. The van der Waals surface area contributed by atoms with E-state index < -0.39 is 0 Å². The summed E-state index contributed by atoms with van der Waals surface area (Å²) in [5.41, 5.74) is 1.10. The van der Waals surface area contributed by atoms with Crippen LogP contribution < -0.4 is 0 Å². The number of hydrogen-bond donors (Lipinski definition) is 2. The van der Waals surface area contributed by atoms with Gasteiger partial charge in [-0.3, -0.25) is 4.90 Å². The fourth-order valence-corrected chi connectivity index (χ4v) is 1.83. The third-order valence-electron chi connectivity index (χ3n) is 2.49. The van der Waals surface area contributed by atoms with Crippen molar-refractivity contribution in [2.75, 3.05) is 32.8 Å². The normalized spacial score (nSPS) is 11.0. The molecule has 0 fully saturated rings. The summed E-state index contributed by atoms with van der Waals surface area (Å²) in [6.07, 6.45) is 0.833. The van der Waals surface area contributed by atoms with Gasteiger partial charge in [0.15, 0.2) is 0 Å². The lowest BCUT2D eigenvalue weighted by molar-refractivity contribution is 0.162. The highest BCUT2D eigenvalue weighted by atomic mass is 35.5. The maximum absolute atomic E-state index is 8.87. The van der Waals surface area contributed by atoms with Gasteiger partial charge < -0.3 is 10.2 Å². The predicted molar refractivity (Wildman–Crippen MR) is 65.8 cm³/mol. The van der Waals surface area contributed by atoms with Crippen LogP contribution in [0.1, 0.15) is 5.56 Å². The second kappa shape index (κ2) is 7.63. The lowest BCUT2D eigenvalue weighted by Crippen LogP contribution is -2.31. The summed E-state index contributed by atoms with van der Waals surface area (Å²) in [6.45, 7) is 2.20. The summed E-state index contributed by atoms with van der Waals surface area (Å²) in [5, 5.41) is 18.5. The van der Waals surface area contributed by atoms with Crippen molar-refractivity contribution in [3.63, 3.8) is 0 Å². The molecule has 0 aromatic heterocycles. The van der Waals surface area contributed by atoms with Crippen LogP contribution in [0.15, 0.2) is 24.3 Å². The Morgan fingerprint density at radius 2 is 1.62 bits per heavy atom. The summed E-state index contributed by atoms with van der Waals surface area (Å²) < 4.78 is 0. The Balaban J connectivity index is 2.45. The average molecular weight is 244 g/mol. The van der Waals surface area contributed by atoms with Crippen molar-refractivity contribution in [1.29, 1.82) is 0 Å². The van der Waals surface area contributed by atoms with Crippen LogP contribution in [-0.4, -0.2) is 48.0 Å². The van der Waals surface area contributed by atoms with Crippen molar-refractivity contribution in [3.8, 4) is 0 Å². The standard InChI is InChI=1S/C12H18ClNO2/c13-12-4-2-1-3-11(12)5-6-14(7-9-15)8-10-16/h1-4,15-16H,5-10H2. The van der Waals surface area contributed by atoms with Crippen LogP contribution in [0.3, 0.4) is 0 Å². The van der Waals surface area contributed by atoms with Gasteiger partial charge in [-0.2, -0.15) is 0 Å². The Kier molecular flexibility index (Phi) is 6.42. The zero-order valence-electron chi connectivity index (χ0n) is 9.27. The monoisotopic (exact) mass is 243 g/mol. The van der Waals surface area contributed by atoms with Crippen molar-refractivity contribution in [2.45, 2.75) is 6.42 Å². The molecule has 3 nitrogen and oxygen atoms in total. The van der Waals surface area contributed by atoms with Gasteiger partial charge in [-0.25, -0.2) is 0 Å². The molecule has 0 bridgehead atoms. The summed E-state index contributed by atoms with van der Waals surface area (Å²) in [5.74, 6) is 0. The van der Waals surface area contributed by atoms with Crippen LogP contribution in [0.5, 0.6) is 0 Å². The number of hydrogen-bond acceptors (Lipinski definition) is 3. The number of halogens is 1. The zero-order chi connectivity index (χ0) is 11.8. The molecule has 2 N–H and O–H groups in total. The Hall–Kier alpha value is -0.610.